The molecule has 2 atom stereocenters. The van der Waals surface area contributed by atoms with Gasteiger partial charge in [0.2, 0.25) is 20.9 Å². The molecule has 1 fully saturated rings. The quantitative estimate of drug-likeness (QED) is 0.414. The Bertz CT molecular complexity index is 1230. The van der Waals surface area contributed by atoms with Gasteiger partial charge in [-0.25, -0.2) is 13.4 Å². The zero-order chi connectivity index (χ0) is 21.5. The molecule has 0 unspecified atom stereocenters. The number of carbonyl (C=O) groups excluding carboxylic acids is 1. The fourth-order valence-corrected chi connectivity index (χ4v) is 4.27. The lowest BCUT2D eigenvalue weighted by Gasteiger charge is -2.09. The molecule has 8 nitrogen and oxygen atoms in total. The molecule has 1 heterocycles. The standard InChI is InChI=1S/C21H21N5O3S/c1-30(28,29)21-24-9-10-26(21)16-7-5-15(6-8-16)25-20(27)18-12-17(18)13-3-2-4-14(11-13)19(22)23/h2-11,17-18H,12H2,1H3,(H3,22,23)(H,25,27)/t17-,18-/m1/s1. The van der Waals surface area contributed by atoms with Gasteiger partial charge >= 0.3 is 0 Å². The first kappa shape index (κ1) is 19.8. The number of nitrogen functional groups attached to an aromatic ring is 1. The van der Waals surface area contributed by atoms with Gasteiger partial charge in [-0.15, -0.1) is 0 Å². The number of nitrogens with one attached hydrogen (secondary N) is 2. The van der Waals surface area contributed by atoms with E-state index in [9.17, 15) is 13.2 Å². The van der Waals surface area contributed by atoms with Crippen molar-refractivity contribution in [2.24, 2.45) is 11.7 Å². The third-order valence-electron chi connectivity index (χ3n) is 5.10. The number of benzene rings is 2. The van der Waals surface area contributed by atoms with Gasteiger partial charge < -0.3 is 11.1 Å². The lowest BCUT2D eigenvalue weighted by atomic mass is 10.0. The lowest BCUT2D eigenvalue weighted by molar-refractivity contribution is -0.117. The Balaban J connectivity index is 1.44. The summed E-state index contributed by atoms with van der Waals surface area (Å²) >= 11 is 0. The molecule has 4 rings (SSSR count). The fraction of sp³-hybridized carbons (Fsp3) is 0.190. The number of rotatable bonds is 6. The molecule has 0 spiro atoms. The van der Waals surface area contributed by atoms with Crippen molar-refractivity contribution in [3.8, 4) is 5.69 Å². The monoisotopic (exact) mass is 423 g/mol. The smallest absolute Gasteiger partial charge is 0.231 e. The van der Waals surface area contributed by atoms with Crippen LogP contribution in [-0.4, -0.2) is 36.0 Å². The second-order valence-corrected chi connectivity index (χ2v) is 9.29. The molecule has 154 valence electrons. The highest BCUT2D eigenvalue weighted by atomic mass is 32.2. The van der Waals surface area contributed by atoms with Crippen LogP contribution in [0.4, 0.5) is 5.69 Å². The number of sulfone groups is 1. The number of amides is 1. The van der Waals surface area contributed by atoms with Crippen molar-refractivity contribution >= 4 is 27.3 Å². The van der Waals surface area contributed by atoms with Crippen LogP contribution in [0.3, 0.4) is 0 Å². The van der Waals surface area contributed by atoms with Crippen LogP contribution in [0.25, 0.3) is 5.69 Å². The van der Waals surface area contributed by atoms with Crippen molar-refractivity contribution in [3.63, 3.8) is 0 Å². The number of nitrogens with zero attached hydrogens (tertiary/aromatic N) is 2. The minimum absolute atomic E-state index is 0.00974. The summed E-state index contributed by atoms with van der Waals surface area (Å²) in [5.41, 5.74) is 8.47. The minimum Gasteiger partial charge on any atom is -0.384 e. The fourth-order valence-electron chi connectivity index (χ4n) is 3.49. The topological polar surface area (TPSA) is 131 Å². The van der Waals surface area contributed by atoms with Crippen molar-refractivity contribution in [1.82, 2.24) is 9.55 Å². The zero-order valence-electron chi connectivity index (χ0n) is 16.2. The molecule has 30 heavy (non-hydrogen) atoms. The Hall–Kier alpha value is -3.46. The van der Waals surface area contributed by atoms with Gasteiger partial charge in [-0.2, -0.15) is 0 Å². The van der Waals surface area contributed by atoms with Gasteiger partial charge in [0, 0.05) is 41.5 Å². The molecule has 1 aromatic heterocycles. The molecule has 2 aromatic carbocycles. The van der Waals surface area contributed by atoms with Gasteiger partial charge in [-0.1, -0.05) is 18.2 Å². The number of nitrogens with two attached hydrogens (primary N) is 1. The maximum Gasteiger partial charge on any atom is 0.231 e. The summed E-state index contributed by atoms with van der Waals surface area (Å²) in [5, 5.41) is 10.4. The summed E-state index contributed by atoms with van der Waals surface area (Å²) in [6.07, 6.45) is 4.87. The van der Waals surface area contributed by atoms with Crippen molar-refractivity contribution in [2.75, 3.05) is 11.6 Å². The van der Waals surface area contributed by atoms with Gasteiger partial charge in [-0.3, -0.25) is 14.8 Å². The minimum atomic E-state index is -3.45. The second-order valence-electron chi connectivity index (χ2n) is 7.38. The van der Waals surface area contributed by atoms with Crippen LogP contribution in [0.1, 0.15) is 23.5 Å². The number of anilines is 1. The Labute approximate surface area is 174 Å². The van der Waals surface area contributed by atoms with E-state index in [4.69, 9.17) is 11.1 Å². The van der Waals surface area contributed by atoms with Crippen LogP contribution in [0.5, 0.6) is 0 Å². The predicted molar refractivity (Wildman–Crippen MR) is 114 cm³/mol. The van der Waals surface area contributed by atoms with E-state index >= 15 is 0 Å². The Morgan fingerprint density at radius 1 is 1.23 bits per heavy atom. The van der Waals surface area contributed by atoms with Crippen LogP contribution in [0, 0.1) is 11.3 Å². The highest BCUT2D eigenvalue weighted by Gasteiger charge is 2.44. The number of hydrogen-bond acceptors (Lipinski definition) is 5. The molecule has 4 N–H and O–H groups in total. The third-order valence-corrected chi connectivity index (χ3v) is 6.07. The average Bonchev–Trinajstić information content (AvgIpc) is 3.35. The second kappa shape index (κ2) is 7.42. The maximum absolute atomic E-state index is 12.6. The van der Waals surface area contributed by atoms with Crippen molar-refractivity contribution in [1.29, 1.82) is 5.41 Å². The Morgan fingerprint density at radius 3 is 2.63 bits per heavy atom. The molecule has 0 bridgehead atoms. The summed E-state index contributed by atoms with van der Waals surface area (Å²) in [6, 6.07) is 14.3. The van der Waals surface area contributed by atoms with Crippen LogP contribution in [0.15, 0.2) is 66.1 Å². The summed E-state index contributed by atoms with van der Waals surface area (Å²) in [7, 11) is -3.45. The molecule has 1 amide bonds. The van der Waals surface area contributed by atoms with E-state index in [0.29, 0.717) is 16.9 Å². The first-order chi connectivity index (χ1) is 14.2. The highest BCUT2D eigenvalue weighted by molar-refractivity contribution is 7.90. The van der Waals surface area contributed by atoms with Gasteiger partial charge in [0.1, 0.15) is 5.84 Å². The normalized spacial score (nSPS) is 18.0. The molecular weight excluding hydrogens is 402 g/mol. The number of imidazole rings is 1. The van der Waals surface area contributed by atoms with E-state index in [1.165, 1.54) is 10.8 Å². The molecule has 1 aliphatic rings. The maximum atomic E-state index is 12.6. The third kappa shape index (κ3) is 3.97. The van der Waals surface area contributed by atoms with E-state index < -0.39 is 9.84 Å². The molecule has 3 aromatic rings. The largest absolute Gasteiger partial charge is 0.384 e. The molecule has 0 aliphatic heterocycles. The van der Waals surface area contributed by atoms with Gasteiger partial charge in [0.15, 0.2) is 0 Å². The predicted octanol–water partition coefficient (Wildman–Crippen LogP) is 2.30. The molecule has 1 saturated carbocycles. The van der Waals surface area contributed by atoms with Gasteiger partial charge in [0.25, 0.3) is 0 Å². The zero-order valence-corrected chi connectivity index (χ0v) is 17.1. The highest BCUT2D eigenvalue weighted by Crippen LogP contribution is 2.48. The first-order valence-corrected chi connectivity index (χ1v) is 11.2. The van der Waals surface area contributed by atoms with Gasteiger partial charge in [0.05, 0.1) is 0 Å². The van der Waals surface area contributed by atoms with Crippen LogP contribution < -0.4 is 11.1 Å². The summed E-state index contributed by atoms with van der Waals surface area (Å²) in [4.78, 5) is 16.5. The average molecular weight is 423 g/mol. The molecule has 9 heteroatoms. The number of carbonyl (C=O) groups is 1. The Morgan fingerprint density at radius 2 is 1.97 bits per heavy atom. The SMILES string of the molecule is CS(=O)(=O)c1nccn1-c1ccc(NC(=O)[C@@H]2C[C@@H]2c2cccc(C(=N)N)c2)cc1. The number of amidine groups is 1. The molecule has 0 radical (unpaired) electrons. The van der Waals surface area contributed by atoms with Crippen LogP contribution >= 0.6 is 0 Å². The molecular formula is C21H21N5O3S. The summed E-state index contributed by atoms with van der Waals surface area (Å²) in [6.45, 7) is 0. The first-order valence-electron chi connectivity index (χ1n) is 9.33. The number of aromatic nitrogens is 2. The molecule has 0 saturated heterocycles. The van der Waals surface area contributed by atoms with Crippen molar-refractivity contribution < 1.29 is 13.2 Å². The van der Waals surface area contributed by atoms with Crippen molar-refractivity contribution in [2.45, 2.75) is 17.5 Å². The Kier molecular flexibility index (Phi) is 4.90. The summed E-state index contributed by atoms with van der Waals surface area (Å²) in [5.74, 6) is -0.0693. The number of hydrogen-bond donors (Lipinski definition) is 3. The van der Waals surface area contributed by atoms with Crippen LogP contribution in [0.2, 0.25) is 0 Å². The van der Waals surface area contributed by atoms with E-state index in [2.05, 4.69) is 10.3 Å². The summed E-state index contributed by atoms with van der Waals surface area (Å²) < 4.78 is 25.1. The molecule has 1 aliphatic carbocycles. The van der Waals surface area contributed by atoms with Crippen molar-refractivity contribution in [3.05, 3.63) is 72.1 Å². The van der Waals surface area contributed by atoms with E-state index in [1.54, 1.807) is 36.5 Å². The van der Waals surface area contributed by atoms with E-state index in [-0.39, 0.29) is 28.7 Å². The lowest BCUT2D eigenvalue weighted by Crippen LogP contribution is -2.15. The van der Waals surface area contributed by atoms with E-state index in [1.807, 2.05) is 18.2 Å². The van der Waals surface area contributed by atoms with E-state index in [0.717, 1.165) is 18.2 Å². The van der Waals surface area contributed by atoms with Gasteiger partial charge in [-0.05, 0) is 48.2 Å². The van der Waals surface area contributed by atoms with Crippen LogP contribution in [-0.2, 0) is 14.6 Å².